The van der Waals surface area contributed by atoms with Gasteiger partial charge in [-0.2, -0.15) is 18.3 Å². The maximum absolute atomic E-state index is 12.7. The van der Waals surface area contributed by atoms with Crippen molar-refractivity contribution in [2.24, 2.45) is 0 Å². The number of nitrogens with zero attached hydrogens (tertiary/aromatic N) is 2. The Kier molecular flexibility index (Phi) is 5.26. The molecule has 0 aliphatic heterocycles. The van der Waals surface area contributed by atoms with E-state index in [1.54, 1.807) is 6.08 Å². The Labute approximate surface area is 143 Å². The first-order valence-electron chi connectivity index (χ1n) is 7.26. The fraction of sp³-hybridized carbons (Fsp3) is 0.111. The van der Waals surface area contributed by atoms with Crippen molar-refractivity contribution in [3.05, 3.63) is 72.6 Å². The molecule has 2 rings (SSSR count). The van der Waals surface area contributed by atoms with Crippen molar-refractivity contribution in [2.45, 2.75) is 12.7 Å². The highest BCUT2D eigenvalue weighted by atomic mass is 19.4. The second kappa shape index (κ2) is 7.21. The van der Waals surface area contributed by atoms with Crippen LogP contribution in [0.5, 0.6) is 0 Å². The number of halogens is 3. The largest absolute Gasteiger partial charge is 0.416 e. The summed E-state index contributed by atoms with van der Waals surface area (Å²) in [6, 6.07) is 4.61. The molecule has 1 heterocycles. The summed E-state index contributed by atoms with van der Waals surface area (Å²) in [5.74, 6) is -0.362. The van der Waals surface area contributed by atoms with Gasteiger partial charge >= 0.3 is 6.18 Å². The summed E-state index contributed by atoms with van der Waals surface area (Å²) in [6.07, 6.45) is -0.189. The van der Waals surface area contributed by atoms with Crippen LogP contribution < -0.4 is 5.32 Å². The van der Waals surface area contributed by atoms with E-state index in [0.717, 1.165) is 18.2 Å². The molecule has 0 saturated heterocycles. The molecule has 0 atom stereocenters. The summed E-state index contributed by atoms with van der Waals surface area (Å²) in [6.45, 7) is 10.9. The van der Waals surface area contributed by atoms with E-state index >= 15 is 0 Å². The first-order chi connectivity index (χ1) is 11.8. The standard InChI is InChI=1S/C18H16F3N3O/c1-4-14-15(11-22-17(25)6-3)23-24(16(14)5-2)13-9-7-12(8-10-13)18(19,20)21/h4-10H,1-3,11H2,(H,22,25). The molecule has 1 N–H and O–H groups in total. The summed E-state index contributed by atoms with van der Waals surface area (Å²) in [5.41, 5.74) is 1.41. The maximum Gasteiger partial charge on any atom is 0.416 e. The third kappa shape index (κ3) is 3.88. The third-order valence-corrected chi connectivity index (χ3v) is 3.49. The van der Waals surface area contributed by atoms with Gasteiger partial charge < -0.3 is 5.32 Å². The summed E-state index contributed by atoms with van der Waals surface area (Å²) in [7, 11) is 0. The van der Waals surface area contributed by atoms with Crippen LogP contribution in [0.15, 0.2) is 50.1 Å². The lowest BCUT2D eigenvalue weighted by Gasteiger charge is -2.09. The molecule has 130 valence electrons. The fourth-order valence-electron chi connectivity index (χ4n) is 2.27. The highest BCUT2D eigenvalue weighted by Gasteiger charge is 2.30. The van der Waals surface area contributed by atoms with Crippen LogP contribution in [0.1, 0.15) is 22.5 Å². The number of hydrogen-bond donors (Lipinski definition) is 1. The third-order valence-electron chi connectivity index (χ3n) is 3.49. The van der Waals surface area contributed by atoms with Crippen molar-refractivity contribution < 1.29 is 18.0 Å². The molecule has 0 aliphatic carbocycles. The fourth-order valence-corrected chi connectivity index (χ4v) is 2.27. The number of amides is 1. The molecule has 0 aliphatic rings. The Morgan fingerprint density at radius 1 is 1.16 bits per heavy atom. The van der Waals surface area contributed by atoms with Crippen LogP contribution >= 0.6 is 0 Å². The Bertz CT molecular complexity index is 817. The van der Waals surface area contributed by atoms with E-state index in [9.17, 15) is 18.0 Å². The summed E-state index contributed by atoms with van der Waals surface area (Å²) in [5, 5.41) is 6.97. The highest BCUT2D eigenvalue weighted by Crippen LogP contribution is 2.30. The van der Waals surface area contributed by atoms with Crippen molar-refractivity contribution in [3.63, 3.8) is 0 Å². The lowest BCUT2D eigenvalue weighted by Crippen LogP contribution is -2.20. The van der Waals surface area contributed by atoms with Crippen LogP contribution in [0.4, 0.5) is 13.2 Å². The molecular weight excluding hydrogens is 331 g/mol. The van der Waals surface area contributed by atoms with Crippen molar-refractivity contribution >= 4 is 18.1 Å². The van der Waals surface area contributed by atoms with Gasteiger partial charge in [-0.25, -0.2) is 4.68 Å². The van der Waals surface area contributed by atoms with E-state index in [0.29, 0.717) is 22.6 Å². The summed E-state index contributed by atoms with van der Waals surface area (Å²) >= 11 is 0. The summed E-state index contributed by atoms with van der Waals surface area (Å²) < 4.78 is 39.6. The molecule has 1 amide bonds. The predicted octanol–water partition coefficient (Wildman–Crippen LogP) is 3.98. The van der Waals surface area contributed by atoms with Gasteiger partial charge in [-0.05, 0) is 36.4 Å². The molecule has 0 saturated carbocycles. The minimum absolute atomic E-state index is 0.126. The molecule has 0 spiro atoms. The van der Waals surface area contributed by atoms with Crippen LogP contribution in [0, 0.1) is 0 Å². The average Bonchev–Trinajstić information content (AvgIpc) is 2.96. The Morgan fingerprint density at radius 3 is 2.28 bits per heavy atom. The molecule has 4 nitrogen and oxygen atoms in total. The van der Waals surface area contributed by atoms with Gasteiger partial charge in [0, 0.05) is 5.56 Å². The number of carbonyl (C=O) groups is 1. The molecule has 0 fully saturated rings. The van der Waals surface area contributed by atoms with Gasteiger partial charge in [-0.3, -0.25) is 4.79 Å². The number of nitrogens with one attached hydrogen (secondary N) is 1. The van der Waals surface area contributed by atoms with E-state index < -0.39 is 11.7 Å². The number of carbonyl (C=O) groups excluding carboxylic acids is 1. The lowest BCUT2D eigenvalue weighted by atomic mass is 10.1. The van der Waals surface area contributed by atoms with Crippen molar-refractivity contribution in [1.29, 1.82) is 0 Å². The SMILES string of the molecule is C=CC(=O)NCc1nn(-c2ccc(C(F)(F)F)cc2)c(C=C)c1C=C. The molecule has 7 heteroatoms. The zero-order valence-electron chi connectivity index (χ0n) is 13.3. The molecular formula is C18H16F3N3O. The number of benzene rings is 1. The van der Waals surface area contributed by atoms with Gasteiger partial charge in [-0.1, -0.05) is 25.8 Å². The van der Waals surface area contributed by atoms with Gasteiger partial charge in [-0.15, -0.1) is 0 Å². The van der Waals surface area contributed by atoms with Crippen LogP contribution in [0.3, 0.4) is 0 Å². The number of hydrogen-bond acceptors (Lipinski definition) is 2. The minimum atomic E-state index is -4.41. The first kappa shape index (κ1) is 18.3. The van der Waals surface area contributed by atoms with Crippen LogP contribution in [-0.4, -0.2) is 15.7 Å². The Morgan fingerprint density at radius 2 is 1.80 bits per heavy atom. The first-order valence-corrected chi connectivity index (χ1v) is 7.26. The smallest absolute Gasteiger partial charge is 0.347 e. The maximum atomic E-state index is 12.7. The normalized spacial score (nSPS) is 11.0. The molecule has 25 heavy (non-hydrogen) atoms. The predicted molar refractivity (Wildman–Crippen MR) is 90.8 cm³/mol. The Balaban J connectivity index is 2.45. The van der Waals surface area contributed by atoms with Crippen molar-refractivity contribution in [2.75, 3.05) is 0 Å². The zero-order valence-corrected chi connectivity index (χ0v) is 13.3. The highest BCUT2D eigenvalue weighted by molar-refractivity contribution is 5.86. The molecule has 0 unspecified atom stereocenters. The molecule has 0 bridgehead atoms. The van der Waals surface area contributed by atoms with Gasteiger partial charge in [0.2, 0.25) is 5.91 Å². The molecule has 2 aromatic rings. The molecule has 1 aromatic carbocycles. The van der Waals surface area contributed by atoms with Gasteiger partial charge in [0.05, 0.1) is 29.2 Å². The monoisotopic (exact) mass is 347 g/mol. The second-order valence-electron chi connectivity index (χ2n) is 5.03. The van der Waals surface area contributed by atoms with E-state index in [1.807, 2.05) is 0 Å². The second-order valence-corrected chi connectivity index (χ2v) is 5.03. The van der Waals surface area contributed by atoms with Gasteiger partial charge in [0.15, 0.2) is 0 Å². The molecule has 1 aromatic heterocycles. The van der Waals surface area contributed by atoms with Gasteiger partial charge in [0.1, 0.15) is 0 Å². The average molecular weight is 347 g/mol. The zero-order chi connectivity index (χ0) is 18.6. The van der Waals surface area contributed by atoms with E-state index in [1.165, 1.54) is 22.9 Å². The number of rotatable bonds is 6. The lowest BCUT2D eigenvalue weighted by molar-refractivity contribution is -0.137. The van der Waals surface area contributed by atoms with E-state index in [2.05, 4.69) is 30.2 Å². The van der Waals surface area contributed by atoms with Crippen LogP contribution in [0.2, 0.25) is 0 Å². The topological polar surface area (TPSA) is 46.9 Å². The Hall–Kier alpha value is -3.09. The van der Waals surface area contributed by atoms with E-state index in [-0.39, 0.29) is 12.5 Å². The van der Waals surface area contributed by atoms with Crippen LogP contribution in [0.25, 0.3) is 17.8 Å². The molecule has 0 radical (unpaired) electrons. The quantitative estimate of drug-likeness (QED) is 0.804. The minimum Gasteiger partial charge on any atom is -0.347 e. The van der Waals surface area contributed by atoms with Crippen molar-refractivity contribution in [1.82, 2.24) is 15.1 Å². The van der Waals surface area contributed by atoms with Crippen LogP contribution in [-0.2, 0) is 17.5 Å². The van der Waals surface area contributed by atoms with E-state index in [4.69, 9.17) is 0 Å². The van der Waals surface area contributed by atoms with Gasteiger partial charge in [0.25, 0.3) is 0 Å². The number of alkyl halides is 3. The van der Waals surface area contributed by atoms with Crippen molar-refractivity contribution in [3.8, 4) is 5.69 Å². The summed E-state index contributed by atoms with van der Waals surface area (Å²) in [4.78, 5) is 11.3. The number of aromatic nitrogens is 2.